The minimum Gasteiger partial charge on any atom is -0.356 e. The Labute approximate surface area is 126 Å². The van der Waals surface area contributed by atoms with Crippen LogP contribution in [0.4, 0.5) is 0 Å². The molecule has 21 heavy (non-hydrogen) atoms. The number of hydrogen-bond acceptors (Lipinski definition) is 4. The standard InChI is InChI=1S/C16H24N4O/c1-3-12(2)20-15(21)14-7-5-13(6-8-14)11-19-16-17-9-4-10-18-16/h5-8,12H,3-4,9-11H2,1-2H3,(H,20,21)(H2,17,18,19). The summed E-state index contributed by atoms with van der Waals surface area (Å²) in [5.41, 5.74) is 1.83. The molecule has 1 aromatic rings. The summed E-state index contributed by atoms with van der Waals surface area (Å²) < 4.78 is 0. The van der Waals surface area contributed by atoms with Gasteiger partial charge in [-0.2, -0.15) is 0 Å². The minimum absolute atomic E-state index is 0.0119. The van der Waals surface area contributed by atoms with Gasteiger partial charge >= 0.3 is 0 Å². The molecule has 1 aliphatic heterocycles. The van der Waals surface area contributed by atoms with Gasteiger partial charge in [0.25, 0.3) is 5.91 Å². The summed E-state index contributed by atoms with van der Waals surface area (Å²) in [5.74, 6) is 0.849. The van der Waals surface area contributed by atoms with E-state index in [-0.39, 0.29) is 11.9 Å². The maximum Gasteiger partial charge on any atom is 0.251 e. The molecule has 3 N–H and O–H groups in total. The second-order valence-corrected chi connectivity index (χ2v) is 5.34. The lowest BCUT2D eigenvalue weighted by Gasteiger charge is -2.16. The van der Waals surface area contributed by atoms with Crippen LogP contribution in [0.3, 0.4) is 0 Å². The third kappa shape index (κ3) is 4.77. The topological polar surface area (TPSA) is 65.5 Å². The Morgan fingerprint density at radius 1 is 1.38 bits per heavy atom. The van der Waals surface area contributed by atoms with Gasteiger partial charge in [-0.15, -0.1) is 0 Å². The van der Waals surface area contributed by atoms with Crippen molar-refractivity contribution in [2.24, 2.45) is 4.99 Å². The van der Waals surface area contributed by atoms with Crippen LogP contribution >= 0.6 is 0 Å². The fraction of sp³-hybridized carbons (Fsp3) is 0.500. The second-order valence-electron chi connectivity index (χ2n) is 5.34. The molecule has 114 valence electrons. The van der Waals surface area contributed by atoms with E-state index in [1.165, 1.54) is 0 Å². The Morgan fingerprint density at radius 3 is 2.76 bits per heavy atom. The molecule has 5 nitrogen and oxygen atoms in total. The molecule has 1 heterocycles. The van der Waals surface area contributed by atoms with Crippen LogP contribution in [0, 0.1) is 0 Å². The average Bonchev–Trinajstić information content (AvgIpc) is 2.54. The minimum atomic E-state index is -0.0119. The van der Waals surface area contributed by atoms with Crippen molar-refractivity contribution < 1.29 is 4.79 Å². The zero-order chi connectivity index (χ0) is 15.1. The van der Waals surface area contributed by atoms with Crippen molar-refractivity contribution in [3.63, 3.8) is 0 Å². The lowest BCUT2D eigenvalue weighted by Crippen LogP contribution is -2.40. The number of nitrogens with zero attached hydrogens (tertiary/aromatic N) is 1. The summed E-state index contributed by atoms with van der Waals surface area (Å²) in [6.07, 6.45) is 2.02. The van der Waals surface area contributed by atoms with Gasteiger partial charge in [0.2, 0.25) is 0 Å². The first-order chi connectivity index (χ1) is 10.2. The highest BCUT2D eigenvalue weighted by Crippen LogP contribution is 2.05. The van der Waals surface area contributed by atoms with E-state index in [2.05, 4.69) is 27.9 Å². The van der Waals surface area contributed by atoms with Crippen LogP contribution in [0.15, 0.2) is 29.3 Å². The van der Waals surface area contributed by atoms with Gasteiger partial charge in [0.1, 0.15) is 0 Å². The Kier molecular flexibility index (Phi) is 5.60. The first-order valence-electron chi connectivity index (χ1n) is 7.61. The maximum absolute atomic E-state index is 12.0. The van der Waals surface area contributed by atoms with Gasteiger partial charge in [0, 0.05) is 31.2 Å². The van der Waals surface area contributed by atoms with Crippen LogP contribution in [0.25, 0.3) is 0 Å². The van der Waals surface area contributed by atoms with Crippen LogP contribution in [0.1, 0.15) is 42.6 Å². The molecule has 5 heteroatoms. The molecular formula is C16H24N4O. The summed E-state index contributed by atoms with van der Waals surface area (Å²) in [6, 6.07) is 7.88. The van der Waals surface area contributed by atoms with Crippen molar-refractivity contribution in [2.75, 3.05) is 13.1 Å². The third-order valence-corrected chi connectivity index (χ3v) is 3.56. The van der Waals surface area contributed by atoms with Crippen LogP contribution in [0.5, 0.6) is 0 Å². The normalized spacial score (nSPS) is 15.6. The number of carbonyl (C=O) groups excluding carboxylic acids is 1. The van der Waals surface area contributed by atoms with Crippen molar-refractivity contribution in [2.45, 2.75) is 39.3 Å². The van der Waals surface area contributed by atoms with Gasteiger partial charge in [-0.1, -0.05) is 19.1 Å². The molecule has 0 saturated carbocycles. The summed E-state index contributed by atoms with van der Waals surface area (Å²) in [5, 5.41) is 9.45. The lowest BCUT2D eigenvalue weighted by atomic mass is 10.1. The maximum atomic E-state index is 12.0. The lowest BCUT2D eigenvalue weighted by molar-refractivity contribution is 0.0939. The van der Waals surface area contributed by atoms with E-state index in [1.807, 2.05) is 31.2 Å². The van der Waals surface area contributed by atoms with Crippen LogP contribution in [-0.2, 0) is 6.54 Å². The molecule has 0 saturated heterocycles. The van der Waals surface area contributed by atoms with E-state index in [0.29, 0.717) is 12.1 Å². The number of guanidine groups is 1. The van der Waals surface area contributed by atoms with Crippen LogP contribution in [0.2, 0.25) is 0 Å². The molecule has 0 aromatic heterocycles. The molecule has 0 spiro atoms. The van der Waals surface area contributed by atoms with Gasteiger partial charge in [-0.25, -0.2) is 0 Å². The van der Waals surface area contributed by atoms with E-state index in [4.69, 9.17) is 0 Å². The van der Waals surface area contributed by atoms with Gasteiger partial charge in [0.15, 0.2) is 5.96 Å². The van der Waals surface area contributed by atoms with Crippen LogP contribution in [-0.4, -0.2) is 31.0 Å². The zero-order valence-corrected chi connectivity index (χ0v) is 12.8. The summed E-state index contributed by atoms with van der Waals surface area (Å²) in [4.78, 5) is 16.3. The number of nitrogens with one attached hydrogen (secondary N) is 3. The fourth-order valence-electron chi connectivity index (χ4n) is 2.02. The predicted octanol–water partition coefficient (Wildman–Crippen LogP) is 1.65. The Morgan fingerprint density at radius 2 is 2.14 bits per heavy atom. The predicted molar refractivity (Wildman–Crippen MR) is 85.4 cm³/mol. The van der Waals surface area contributed by atoms with Crippen molar-refractivity contribution in [1.29, 1.82) is 0 Å². The number of amides is 1. The zero-order valence-electron chi connectivity index (χ0n) is 12.8. The molecule has 0 aliphatic carbocycles. The second kappa shape index (κ2) is 7.67. The van der Waals surface area contributed by atoms with Crippen molar-refractivity contribution in [1.82, 2.24) is 16.0 Å². The summed E-state index contributed by atoms with van der Waals surface area (Å²) in [6.45, 7) is 6.62. The Bertz CT molecular complexity index is 496. The third-order valence-electron chi connectivity index (χ3n) is 3.56. The van der Waals surface area contributed by atoms with Gasteiger partial charge < -0.3 is 16.0 Å². The largest absolute Gasteiger partial charge is 0.356 e. The monoisotopic (exact) mass is 288 g/mol. The highest BCUT2D eigenvalue weighted by molar-refractivity contribution is 5.94. The van der Waals surface area contributed by atoms with E-state index >= 15 is 0 Å². The van der Waals surface area contributed by atoms with E-state index < -0.39 is 0 Å². The molecule has 1 aromatic carbocycles. The van der Waals surface area contributed by atoms with E-state index in [1.54, 1.807) is 0 Å². The molecule has 2 rings (SSSR count). The van der Waals surface area contributed by atoms with Crippen molar-refractivity contribution in [3.8, 4) is 0 Å². The van der Waals surface area contributed by atoms with Crippen molar-refractivity contribution >= 4 is 11.9 Å². The highest BCUT2D eigenvalue weighted by Gasteiger charge is 2.08. The molecule has 1 amide bonds. The van der Waals surface area contributed by atoms with Gasteiger partial charge in [-0.05, 0) is 37.5 Å². The number of hydrogen-bond donors (Lipinski definition) is 3. The van der Waals surface area contributed by atoms with Gasteiger partial charge in [0.05, 0.1) is 0 Å². The Balaban J connectivity index is 1.86. The number of aliphatic imine (C=N–C) groups is 1. The molecule has 1 atom stereocenters. The first kappa shape index (κ1) is 15.4. The summed E-state index contributed by atoms with van der Waals surface area (Å²) >= 11 is 0. The SMILES string of the molecule is CCC(C)NC(=O)c1ccc(CNC2=NCCCN2)cc1. The molecule has 0 fully saturated rings. The molecule has 0 radical (unpaired) electrons. The summed E-state index contributed by atoms with van der Waals surface area (Å²) in [7, 11) is 0. The number of rotatable bonds is 5. The Hall–Kier alpha value is -2.04. The molecule has 1 unspecified atom stereocenters. The quantitative estimate of drug-likeness (QED) is 0.772. The highest BCUT2D eigenvalue weighted by atomic mass is 16.1. The fourth-order valence-corrected chi connectivity index (χ4v) is 2.02. The van der Waals surface area contributed by atoms with E-state index in [9.17, 15) is 4.79 Å². The molecular weight excluding hydrogens is 264 g/mol. The van der Waals surface area contributed by atoms with Crippen LogP contribution < -0.4 is 16.0 Å². The molecule has 0 bridgehead atoms. The van der Waals surface area contributed by atoms with Gasteiger partial charge in [-0.3, -0.25) is 9.79 Å². The van der Waals surface area contributed by atoms with Crippen molar-refractivity contribution in [3.05, 3.63) is 35.4 Å². The molecule has 1 aliphatic rings. The van der Waals surface area contributed by atoms with E-state index in [0.717, 1.165) is 37.5 Å². The number of carbonyl (C=O) groups is 1. The number of benzene rings is 1. The smallest absolute Gasteiger partial charge is 0.251 e. The first-order valence-corrected chi connectivity index (χ1v) is 7.61. The average molecular weight is 288 g/mol.